The number of rotatable bonds is 3. The van der Waals surface area contributed by atoms with E-state index in [9.17, 15) is 4.79 Å². The second-order valence-electron chi connectivity index (χ2n) is 5.26. The Bertz CT molecular complexity index is 801. The van der Waals surface area contributed by atoms with E-state index in [1.807, 2.05) is 61.1 Å². The van der Waals surface area contributed by atoms with Gasteiger partial charge < -0.3 is 5.32 Å². The van der Waals surface area contributed by atoms with Crippen molar-refractivity contribution in [1.29, 1.82) is 0 Å². The van der Waals surface area contributed by atoms with Crippen LogP contribution < -0.4 is 5.32 Å². The highest BCUT2D eigenvalue weighted by atomic mass is 32.1. The van der Waals surface area contributed by atoms with Crippen LogP contribution in [0.1, 0.15) is 27.3 Å². The summed E-state index contributed by atoms with van der Waals surface area (Å²) in [5.41, 5.74) is 4.54. The number of thiazole rings is 1. The summed E-state index contributed by atoms with van der Waals surface area (Å²) >= 11 is 1.56. The number of nitrogens with zero attached hydrogens (tertiary/aromatic N) is 2. The van der Waals surface area contributed by atoms with Crippen molar-refractivity contribution in [3.63, 3.8) is 0 Å². The van der Waals surface area contributed by atoms with Crippen LogP contribution in [-0.2, 0) is 0 Å². The Labute approximate surface area is 133 Å². The molecule has 0 radical (unpaired) electrons. The smallest absolute Gasteiger partial charge is 0.257 e. The molecule has 0 saturated heterocycles. The summed E-state index contributed by atoms with van der Waals surface area (Å²) in [6.07, 6.45) is 1.77. The van der Waals surface area contributed by atoms with Gasteiger partial charge in [-0.1, -0.05) is 17.7 Å². The molecule has 0 spiro atoms. The number of benzene rings is 1. The maximum Gasteiger partial charge on any atom is 0.257 e. The van der Waals surface area contributed by atoms with Gasteiger partial charge in [0.1, 0.15) is 0 Å². The highest BCUT2D eigenvalue weighted by molar-refractivity contribution is 7.12. The first-order chi connectivity index (χ1) is 10.6. The second kappa shape index (κ2) is 5.77. The molecule has 1 aromatic carbocycles. The molecule has 2 heterocycles. The molecule has 0 unspecified atom stereocenters. The van der Waals surface area contributed by atoms with E-state index in [-0.39, 0.29) is 5.91 Å². The molecule has 3 rings (SSSR count). The van der Waals surface area contributed by atoms with E-state index in [0.717, 1.165) is 22.2 Å². The molecule has 3 aromatic rings. The lowest BCUT2D eigenvalue weighted by molar-refractivity contribution is 0.102. The van der Waals surface area contributed by atoms with Crippen LogP contribution in [0.5, 0.6) is 0 Å². The molecule has 112 valence electrons. The molecule has 2 aromatic heterocycles. The number of hydrogen-bond acceptors (Lipinski definition) is 3. The third kappa shape index (κ3) is 2.67. The van der Waals surface area contributed by atoms with E-state index in [4.69, 9.17) is 0 Å². The molecular weight excluding hydrogens is 294 g/mol. The Balaban J connectivity index is 1.90. The zero-order valence-corrected chi connectivity index (χ0v) is 13.6. The summed E-state index contributed by atoms with van der Waals surface area (Å²) < 4.78 is 2.01. The van der Waals surface area contributed by atoms with Gasteiger partial charge in [-0.25, -0.2) is 4.98 Å². The van der Waals surface area contributed by atoms with Crippen molar-refractivity contribution in [2.45, 2.75) is 20.8 Å². The highest BCUT2D eigenvalue weighted by Crippen LogP contribution is 2.23. The SMILES string of the molecule is Cc1ccc(NC(=O)c2cc(C)n(-c3nccs3)c2C)cc1. The van der Waals surface area contributed by atoms with Crippen molar-refractivity contribution in [2.75, 3.05) is 5.32 Å². The van der Waals surface area contributed by atoms with Crippen LogP contribution in [0.15, 0.2) is 41.9 Å². The van der Waals surface area contributed by atoms with Crippen LogP contribution in [0.2, 0.25) is 0 Å². The van der Waals surface area contributed by atoms with Crippen LogP contribution in [0.4, 0.5) is 5.69 Å². The van der Waals surface area contributed by atoms with Gasteiger partial charge in [-0.2, -0.15) is 0 Å². The molecule has 0 aliphatic heterocycles. The predicted molar refractivity (Wildman–Crippen MR) is 90.0 cm³/mol. The quantitative estimate of drug-likeness (QED) is 0.791. The minimum Gasteiger partial charge on any atom is -0.322 e. The van der Waals surface area contributed by atoms with Crippen molar-refractivity contribution < 1.29 is 4.79 Å². The minimum atomic E-state index is -0.0974. The molecule has 0 fully saturated rings. The van der Waals surface area contributed by atoms with Crippen LogP contribution in [0, 0.1) is 20.8 Å². The molecule has 0 aliphatic carbocycles. The maximum atomic E-state index is 12.5. The summed E-state index contributed by atoms with van der Waals surface area (Å²) in [6.45, 7) is 5.95. The summed E-state index contributed by atoms with van der Waals surface area (Å²) in [5.74, 6) is -0.0974. The standard InChI is InChI=1S/C17H17N3OS/c1-11-4-6-14(7-5-11)19-16(21)15-10-12(2)20(13(15)3)17-18-8-9-22-17/h4-10H,1-3H3,(H,19,21). The van der Waals surface area contributed by atoms with E-state index >= 15 is 0 Å². The van der Waals surface area contributed by atoms with Crippen molar-refractivity contribution in [3.8, 4) is 5.13 Å². The van der Waals surface area contributed by atoms with Crippen LogP contribution in [0.3, 0.4) is 0 Å². The van der Waals surface area contributed by atoms with Gasteiger partial charge in [0.05, 0.1) is 5.56 Å². The zero-order valence-electron chi connectivity index (χ0n) is 12.8. The van der Waals surface area contributed by atoms with Crippen LogP contribution in [-0.4, -0.2) is 15.5 Å². The van der Waals surface area contributed by atoms with Crippen molar-refractivity contribution in [3.05, 3.63) is 64.4 Å². The molecule has 5 heteroatoms. The average Bonchev–Trinajstić information content (AvgIpc) is 3.09. The molecule has 0 bridgehead atoms. The summed E-state index contributed by atoms with van der Waals surface area (Å²) in [4.78, 5) is 16.8. The van der Waals surface area contributed by atoms with Crippen molar-refractivity contribution >= 4 is 22.9 Å². The van der Waals surface area contributed by atoms with E-state index in [0.29, 0.717) is 5.56 Å². The first kappa shape index (κ1) is 14.5. The summed E-state index contributed by atoms with van der Waals surface area (Å²) in [7, 11) is 0. The molecule has 22 heavy (non-hydrogen) atoms. The van der Waals surface area contributed by atoms with Crippen molar-refractivity contribution in [1.82, 2.24) is 9.55 Å². The zero-order chi connectivity index (χ0) is 15.7. The molecule has 1 N–H and O–H groups in total. The molecule has 0 atom stereocenters. The van der Waals surface area contributed by atoms with Gasteiger partial charge in [-0.15, -0.1) is 11.3 Å². The van der Waals surface area contributed by atoms with E-state index < -0.39 is 0 Å². The molecule has 0 aliphatic rings. The first-order valence-electron chi connectivity index (χ1n) is 7.03. The van der Waals surface area contributed by atoms with E-state index in [1.165, 1.54) is 5.56 Å². The summed E-state index contributed by atoms with van der Waals surface area (Å²) in [5, 5.41) is 5.75. The van der Waals surface area contributed by atoms with Crippen molar-refractivity contribution in [2.24, 2.45) is 0 Å². The number of hydrogen-bond donors (Lipinski definition) is 1. The first-order valence-corrected chi connectivity index (χ1v) is 7.91. The number of amides is 1. The largest absolute Gasteiger partial charge is 0.322 e. The normalized spacial score (nSPS) is 10.7. The van der Waals surface area contributed by atoms with Gasteiger partial charge in [0, 0.05) is 28.7 Å². The number of aryl methyl sites for hydroxylation is 2. The van der Waals surface area contributed by atoms with Crippen LogP contribution in [0.25, 0.3) is 5.13 Å². The van der Waals surface area contributed by atoms with Gasteiger partial charge in [-0.3, -0.25) is 9.36 Å². The second-order valence-corrected chi connectivity index (χ2v) is 6.13. The molecular formula is C17H17N3OS. The fourth-order valence-corrected chi connectivity index (χ4v) is 3.20. The molecule has 0 saturated carbocycles. The topological polar surface area (TPSA) is 46.9 Å². The third-order valence-corrected chi connectivity index (χ3v) is 4.35. The number of aromatic nitrogens is 2. The fourth-order valence-electron chi connectivity index (χ4n) is 2.45. The lowest BCUT2D eigenvalue weighted by Crippen LogP contribution is -2.13. The Kier molecular flexibility index (Phi) is 3.81. The number of carbonyl (C=O) groups excluding carboxylic acids is 1. The Hall–Kier alpha value is -2.40. The van der Waals surface area contributed by atoms with E-state index in [1.54, 1.807) is 17.5 Å². The third-order valence-electron chi connectivity index (χ3n) is 3.60. The van der Waals surface area contributed by atoms with Crippen LogP contribution >= 0.6 is 11.3 Å². The lowest BCUT2D eigenvalue weighted by Gasteiger charge is -2.07. The van der Waals surface area contributed by atoms with E-state index in [2.05, 4.69) is 10.3 Å². The predicted octanol–water partition coefficient (Wildman–Crippen LogP) is 4.11. The van der Waals surface area contributed by atoms with Gasteiger partial charge in [0.25, 0.3) is 5.91 Å². The van der Waals surface area contributed by atoms with Gasteiger partial charge in [-0.05, 0) is 39.0 Å². The highest BCUT2D eigenvalue weighted by Gasteiger charge is 2.17. The Morgan fingerprint density at radius 1 is 1.18 bits per heavy atom. The molecule has 4 nitrogen and oxygen atoms in total. The van der Waals surface area contributed by atoms with Gasteiger partial charge in [0.2, 0.25) is 0 Å². The van der Waals surface area contributed by atoms with Gasteiger partial charge in [0.15, 0.2) is 5.13 Å². The summed E-state index contributed by atoms with van der Waals surface area (Å²) in [6, 6.07) is 9.68. The number of anilines is 1. The molecule has 1 amide bonds. The number of carbonyl (C=O) groups is 1. The maximum absolute atomic E-state index is 12.5. The van der Waals surface area contributed by atoms with Gasteiger partial charge >= 0.3 is 0 Å². The monoisotopic (exact) mass is 311 g/mol. The Morgan fingerprint density at radius 3 is 2.55 bits per heavy atom. The number of nitrogens with one attached hydrogen (secondary N) is 1. The average molecular weight is 311 g/mol. The Morgan fingerprint density at radius 2 is 1.91 bits per heavy atom. The fraction of sp³-hybridized carbons (Fsp3) is 0.176. The lowest BCUT2D eigenvalue weighted by atomic mass is 10.2. The minimum absolute atomic E-state index is 0.0974.